The van der Waals surface area contributed by atoms with Crippen molar-refractivity contribution >= 4 is 39.1 Å². The van der Waals surface area contributed by atoms with Gasteiger partial charge >= 0.3 is 0 Å². The average Bonchev–Trinajstić information content (AvgIpc) is 3.18. The summed E-state index contributed by atoms with van der Waals surface area (Å²) in [5, 5.41) is 1.23. The number of rotatable bonds is 5. The van der Waals surface area contributed by atoms with Crippen molar-refractivity contribution in [3.05, 3.63) is 85.8 Å². The van der Waals surface area contributed by atoms with Gasteiger partial charge in [0.25, 0.3) is 5.56 Å². The number of carbonyl (C=O) groups excluding carboxylic acids is 1. The molecular weight excluding hydrogens is 455 g/mol. The maximum Gasteiger partial charge on any atom is 0.267 e. The van der Waals surface area contributed by atoms with Gasteiger partial charge in [0.15, 0.2) is 10.9 Å². The van der Waals surface area contributed by atoms with E-state index < -0.39 is 0 Å². The Balaban J connectivity index is 1.61. The quantitative estimate of drug-likeness (QED) is 0.199. The molecule has 2 aromatic heterocycles. The molecule has 2 heterocycles. The van der Waals surface area contributed by atoms with E-state index >= 15 is 0 Å². The third kappa shape index (κ3) is 4.15. The van der Waals surface area contributed by atoms with Gasteiger partial charge in [0, 0.05) is 10.4 Å². The maximum atomic E-state index is 13.8. The van der Waals surface area contributed by atoms with Gasteiger partial charge in [-0.25, -0.2) is 9.37 Å². The van der Waals surface area contributed by atoms with Crippen LogP contribution < -0.4 is 5.56 Å². The van der Waals surface area contributed by atoms with Crippen molar-refractivity contribution in [3.63, 3.8) is 0 Å². The lowest BCUT2D eigenvalue weighted by molar-refractivity contribution is 0.102. The van der Waals surface area contributed by atoms with Gasteiger partial charge in [0.05, 0.1) is 16.8 Å². The van der Waals surface area contributed by atoms with Gasteiger partial charge in [-0.05, 0) is 92.6 Å². The van der Waals surface area contributed by atoms with Crippen molar-refractivity contribution in [1.82, 2.24) is 9.55 Å². The van der Waals surface area contributed by atoms with Crippen LogP contribution in [0.1, 0.15) is 44.8 Å². The highest BCUT2D eigenvalue weighted by molar-refractivity contribution is 7.99. The Morgan fingerprint density at radius 1 is 1.09 bits per heavy atom. The topological polar surface area (TPSA) is 52.0 Å². The van der Waals surface area contributed by atoms with Gasteiger partial charge in [0.1, 0.15) is 10.6 Å². The zero-order chi connectivity index (χ0) is 23.1. The summed E-state index contributed by atoms with van der Waals surface area (Å²) in [5.74, 6) is -0.400. The lowest BCUT2D eigenvalue weighted by Gasteiger charge is -2.14. The summed E-state index contributed by atoms with van der Waals surface area (Å²) in [6.45, 7) is 4.06. The third-order valence-corrected chi connectivity index (χ3v) is 8.33. The van der Waals surface area contributed by atoms with E-state index in [2.05, 4.69) is 0 Å². The second-order valence-corrected chi connectivity index (χ2v) is 10.4. The Labute approximate surface area is 199 Å². The summed E-state index contributed by atoms with van der Waals surface area (Å²) in [6, 6.07) is 11.5. The summed E-state index contributed by atoms with van der Waals surface area (Å²) >= 11 is 2.85. The lowest BCUT2D eigenvalue weighted by Crippen LogP contribution is -2.23. The van der Waals surface area contributed by atoms with Crippen LogP contribution in [0.5, 0.6) is 0 Å². The normalized spacial score (nSPS) is 13.3. The molecule has 0 saturated carbocycles. The van der Waals surface area contributed by atoms with E-state index in [0.29, 0.717) is 10.7 Å². The Kier molecular flexibility index (Phi) is 5.93. The molecule has 0 spiro atoms. The summed E-state index contributed by atoms with van der Waals surface area (Å²) in [6.07, 6.45) is 4.13. The molecule has 0 radical (unpaired) electrons. The van der Waals surface area contributed by atoms with Crippen LogP contribution in [0.2, 0.25) is 0 Å². The van der Waals surface area contributed by atoms with Crippen molar-refractivity contribution in [3.8, 4) is 5.69 Å². The first-order valence-corrected chi connectivity index (χ1v) is 12.8. The highest BCUT2D eigenvalue weighted by Crippen LogP contribution is 2.35. The zero-order valence-corrected chi connectivity index (χ0v) is 20.1. The molecule has 168 valence electrons. The van der Waals surface area contributed by atoms with Gasteiger partial charge in [-0.2, -0.15) is 0 Å². The molecule has 7 heteroatoms. The molecule has 4 nitrogen and oxygen atoms in total. The standard InChI is InChI=1S/C26H23FN2O2S2/c1-15-7-12-19(13-16(15)2)29-25(31)23-20-5-3-4-6-22(20)33-24(23)28-26(29)32-14-21(30)17-8-10-18(27)11-9-17/h7-13H,3-6,14H2,1-2H3. The molecule has 0 saturated heterocycles. The number of benzene rings is 2. The molecule has 0 aliphatic heterocycles. The fourth-order valence-electron chi connectivity index (χ4n) is 4.22. The number of ketones is 1. The minimum atomic E-state index is -0.378. The van der Waals surface area contributed by atoms with E-state index in [4.69, 9.17) is 4.98 Å². The molecule has 0 N–H and O–H groups in total. The Bertz CT molecular complexity index is 1440. The van der Waals surface area contributed by atoms with Crippen LogP contribution >= 0.6 is 23.1 Å². The van der Waals surface area contributed by atoms with Gasteiger partial charge < -0.3 is 0 Å². The van der Waals surface area contributed by atoms with Crippen molar-refractivity contribution < 1.29 is 9.18 Å². The summed E-state index contributed by atoms with van der Waals surface area (Å²) < 4.78 is 14.9. The van der Waals surface area contributed by atoms with Crippen LogP contribution in [0.25, 0.3) is 15.9 Å². The number of halogens is 1. The first-order chi connectivity index (χ1) is 15.9. The van der Waals surface area contributed by atoms with E-state index in [1.165, 1.54) is 40.9 Å². The number of aromatic nitrogens is 2. The number of carbonyl (C=O) groups is 1. The largest absolute Gasteiger partial charge is 0.293 e. The van der Waals surface area contributed by atoms with Crippen LogP contribution in [-0.4, -0.2) is 21.1 Å². The minimum absolute atomic E-state index is 0.0700. The van der Waals surface area contributed by atoms with Crippen LogP contribution in [0.15, 0.2) is 52.4 Å². The van der Waals surface area contributed by atoms with Crippen LogP contribution in [-0.2, 0) is 12.8 Å². The molecule has 0 unspecified atom stereocenters. The molecule has 0 atom stereocenters. The zero-order valence-electron chi connectivity index (χ0n) is 18.5. The number of thioether (sulfide) groups is 1. The Morgan fingerprint density at radius 3 is 2.61 bits per heavy atom. The highest BCUT2D eigenvalue weighted by Gasteiger charge is 2.23. The number of Topliss-reactive ketones (excluding diaryl/α,β-unsaturated/α-hetero) is 1. The second-order valence-electron chi connectivity index (χ2n) is 8.41. The molecule has 4 aromatic rings. The van der Waals surface area contributed by atoms with E-state index in [0.717, 1.165) is 58.3 Å². The molecule has 0 fully saturated rings. The van der Waals surface area contributed by atoms with Crippen molar-refractivity contribution in [1.29, 1.82) is 0 Å². The monoisotopic (exact) mass is 478 g/mol. The van der Waals surface area contributed by atoms with Gasteiger partial charge in [0.2, 0.25) is 0 Å². The smallest absolute Gasteiger partial charge is 0.267 e. The van der Waals surface area contributed by atoms with Crippen LogP contribution in [0, 0.1) is 19.7 Å². The van der Waals surface area contributed by atoms with Gasteiger partial charge in [-0.15, -0.1) is 11.3 Å². The summed E-state index contributed by atoms with van der Waals surface area (Å²) in [7, 11) is 0. The number of hydrogen-bond donors (Lipinski definition) is 0. The molecule has 1 aliphatic rings. The number of hydrogen-bond acceptors (Lipinski definition) is 5. The molecule has 5 rings (SSSR count). The van der Waals surface area contributed by atoms with Crippen LogP contribution in [0.4, 0.5) is 4.39 Å². The fraction of sp³-hybridized carbons (Fsp3) is 0.269. The fourth-order valence-corrected chi connectivity index (χ4v) is 6.43. The number of thiophene rings is 1. The first-order valence-electron chi connectivity index (χ1n) is 11.0. The number of aryl methyl sites for hydroxylation is 4. The Morgan fingerprint density at radius 2 is 1.85 bits per heavy atom. The summed E-state index contributed by atoms with van der Waals surface area (Å²) in [5.41, 5.74) is 4.51. The molecule has 33 heavy (non-hydrogen) atoms. The molecule has 0 amide bonds. The summed E-state index contributed by atoms with van der Waals surface area (Å²) in [4.78, 5) is 33.4. The predicted octanol–water partition coefficient (Wildman–Crippen LogP) is 6.06. The van der Waals surface area contributed by atoms with E-state index in [9.17, 15) is 14.0 Å². The number of nitrogens with zero attached hydrogens (tertiary/aromatic N) is 2. The van der Waals surface area contributed by atoms with Crippen molar-refractivity contribution in [2.45, 2.75) is 44.7 Å². The average molecular weight is 479 g/mol. The minimum Gasteiger partial charge on any atom is -0.293 e. The van der Waals surface area contributed by atoms with E-state index in [1.807, 2.05) is 32.0 Å². The second kappa shape index (κ2) is 8.88. The lowest BCUT2D eigenvalue weighted by atomic mass is 9.97. The van der Waals surface area contributed by atoms with Gasteiger partial charge in [-0.1, -0.05) is 17.8 Å². The highest BCUT2D eigenvalue weighted by atomic mass is 32.2. The maximum absolute atomic E-state index is 13.8. The molecule has 1 aliphatic carbocycles. The third-order valence-electron chi connectivity index (χ3n) is 6.21. The molecule has 0 bridgehead atoms. The van der Waals surface area contributed by atoms with Crippen LogP contribution in [0.3, 0.4) is 0 Å². The molecular formula is C26H23FN2O2S2. The first kappa shape index (κ1) is 22.0. The SMILES string of the molecule is Cc1ccc(-n2c(SCC(=O)c3ccc(F)cc3)nc3sc4c(c3c2=O)CCCC4)cc1C. The van der Waals surface area contributed by atoms with E-state index in [1.54, 1.807) is 15.9 Å². The predicted molar refractivity (Wildman–Crippen MR) is 133 cm³/mol. The number of fused-ring (bicyclic) bond motifs is 3. The van der Waals surface area contributed by atoms with Gasteiger partial charge in [-0.3, -0.25) is 14.2 Å². The van der Waals surface area contributed by atoms with Crippen molar-refractivity contribution in [2.24, 2.45) is 0 Å². The Hall–Kier alpha value is -2.77. The molecule has 2 aromatic carbocycles. The van der Waals surface area contributed by atoms with E-state index in [-0.39, 0.29) is 22.9 Å². The van der Waals surface area contributed by atoms with Crippen molar-refractivity contribution in [2.75, 3.05) is 5.75 Å².